The van der Waals surface area contributed by atoms with E-state index in [4.69, 9.17) is 4.74 Å². The molecule has 0 aliphatic carbocycles. The topological polar surface area (TPSA) is 76.1 Å². The predicted molar refractivity (Wildman–Crippen MR) is 68.0 cm³/mol. The van der Waals surface area contributed by atoms with E-state index < -0.39 is 0 Å². The lowest BCUT2D eigenvalue weighted by Gasteiger charge is -2.06. The first kappa shape index (κ1) is 14.5. The summed E-state index contributed by atoms with van der Waals surface area (Å²) in [5, 5.41) is 5.93. The van der Waals surface area contributed by atoms with Gasteiger partial charge in [-0.2, -0.15) is 0 Å². The van der Waals surface area contributed by atoms with Crippen LogP contribution in [0.15, 0.2) is 12.3 Å². The highest BCUT2D eigenvalue weighted by atomic mass is 16.5. The van der Waals surface area contributed by atoms with Crippen molar-refractivity contribution < 1.29 is 9.53 Å². The van der Waals surface area contributed by atoms with E-state index in [1.54, 1.807) is 13.3 Å². The fraction of sp³-hybridized carbons (Fsp3) is 0.583. The monoisotopic (exact) mass is 252 g/mol. The van der Waals surface area contributed by atoms with Gasteiger partial charge in [0.1, 0.15) is 5.82 Å². The van der Waals surface area contributed by atoms with Crippen LogP contribution in [-0.2, 0) is 16.1 Å². The normalized spacial score (nSPS) is 10.3. The molecule has 0 fully saturated rings. The molecule has 2 N–H and O–H groups in total. The highest BCUT2D eigenvalue weighted by Crippen LogP contribution is 1.93. The lowest BCUT2D eigenvalue weighted by atomic mass is 10.3. The molecule has 0 spiro atoms. The number of aryl methyl sites for hydroxylation is 1. The van der Waals surface area contributed by atoms with Crippen LogP contribution in [0.3, 0.4) is 0 Å². The second-order valence-electron chi connectivity index (χ2n) is 3.86. The summed E-state index contributed by atoms with van der Waals surface area (Å²) in [5.74, 6) is 0.782. The van der Waals surface area contributed by atoms with Crippen molar-refractivity contribution in [3.63, 3.8) is 0 Å². The number of rotatable bonds is 8. The summed E-state index contributed by atoms with van der Waals surface area (Å²) in [6.07, 6.45) is 2.19. The zero-order valence-corrected chi connectivity index (χ0v) is 10.9. The molecule has 0 bridgehead atoms. The molecule has 1 aromatic rings. The minimum absolute atomic E-state index is 0.0263. The van der Waals surface area contributed by atoms with Crippen molar-refractivity contribution in [2.45, 2.75) is 19.9 Å². The number of amides is 1. The Hall–Kier alpha value is -1.53. The number of aromatic nitrogens is 2. The summed E-state index contributed by atoms with van der Waals surface area (Å²) < 4.78 is 4.84. The molecule has 0 aromatic carbocycles. The number of hydrogen-bond donors (Lipinski definition) is 2. The van der Waals surface area contributed by atoms with Gasteiger partial charge in [0, 0.05) is 39.4 Å². The molecule has 0 unspecified atom stereocenters. The van der Waals surface area contributed by atoms with Gasteiger partial charge in [-0.3, -0.25) is 4.79 Å². The van der Waals surface area contributed by atoms with Gasteiger partial charge in [0.2, 0.25) is 5.91 Å². The molecule has 0 atom stereocenters. The maximum absolute atomic E-state index is 11.4. The number of nitrogens with one attached hydrogen (secondary N) is 2. The standard InChI is InChI=1S/C12H20N4O2/c1-10-14-6-3-11(16-10)9-13-5-4-12(17)15-7-8-18-2/h3,6,13H,4-5,7-9H2,1-2H3,(H,15,17). The van der Waals surface area contributed by atoms with Crippen LogP contribution in [0.2, 0.25) is 0 Å². The molecular formula is C12H20N4O2. The van der Waals surface area contributed by atoms with Gasteiger partial charge in [-0.15, -0.1) is 0 Å². The van der Waals surface area contributed by atoms with E-state index in [0.717, 1.165) is 11.5 Å². The zero-order valence-electron chi connectivity index (χ0n) is 10.9. The highest BCUT2D eigenvalue weighted by molar-refractivity contribution is 5.75. The molecule has 1 amide bonds. The van der Waals surface area contributed by atoms with Crippen LogP contribution in [0.25, 0.3) is 0 Å². The molecule has 18 heavy (non-hydrogen) atoms. The lowest BCUT2D eigenvalue weighted by molar-refractivity contribution is -0.121. The summed E-state index contributed by atoms with van der Waals surface area (Å²) in [6, 6.07) is 1.86. The Balaban J connectivity index is 2.09. The first-order valence-electron chi connectivity index (χ1n) is 5.97. The maximum Gasteiger partial charge on any atom is 0.221 e. The van der Waals surface area contributed by atoms with Crippen LogP contribution in [0.1, 0.15) is 17.9 Å². The van der Waals surface area contributed by atoms with Crippen molar-refractivity contribution in [1.82, 2.24) is 20.6 Å². The minimum atomic E-state index is 0.0263. The van der Waals surface area contributed by atoms with Crippen molar-refractivity contribution in [3.8, 4) is 0 Å². The van der Waals surface area contributed by atoms with Crippen LogP contribution in [-0.4, -0.2) is 42.7 Å². The quantitative estimate of drug-likeness (QED) is 0.638. The molecule has 0 radical (unpaired) electrons. The van der Waals surface area contributed by atoms with Crippen molar-refractivity contribution in [1.29, 1.82) is 0 Å². The number of carbonyl (C=O) groups is 1. The first-order valence-corrected chi connectivity index (χ1v) is 5.97. The van der Waals surface area contributed by atoms with Gasteiger partial charge in [0.05, 0.1) is 12.3 Å². The Morgan fingerprint density at radius 2 is 2.28 bits per heavy atom. The number of ether oxygens (including phenoxy) is 1. The Morgan fingerprint density at radius 3 is 3.00 bits per heavy atom. The molecule has 100 valence electrons. The number of carbonyl (C=O) groups excluding carboxylic acids is 1. The molecule has 1 rings (SSSR count). The van der Waals surface area contributed by atoms with Gasteiger partial charge in [-0.05, 0) is 13.0 Å². The molecular weight excluding hydrogens is 232 g/mol. The third-order valence-corrected chi connectivity index (χ3v) is 2.30. The minimum Gasteiger partial charge on any atom is -0.383 e. The van der Waals surface area contributed by atoms with E-state index in [9.17, 15) is 4.79 Å². The maximum atomic E-state index is 11.4. The van der Waals surface area contributed by atoms with E-state index in [1.807, 2.05) is 13.0 Å². The van der Waals surface area contributed by atoms with Crippen LogP contribution >= 0.6 is 0 Å². The molecule has 1 aromatic heterocycles. The molecule has 0 saturated carbocycles. The van der Waals surface area contributed by atoms with E-state index in [1.165, 1.54) is 0 Å². The zero-order chi connectivity index (χ0) is 13.2. The fourth-order valence-corrected chi connectivity index (χ4v) is 1.40. The first-order chi connectivity index (χ1) is 8.72. The Bertz CT molecular complexity index is 371. The molecule has 6 nitrogen and oxygen atoms in total. The number of methoxy groups -OCH3 is 1. The van der Waals surface area contributed by atoms with E-state index in [2.05, 4.69) is 20.6 Å². The predicted octanol–water partition coefficient (Wildman–Crippen LogP) is 0.0273. The summed E-state index contributed by atoms with van der Waals surface area (Å²) in [4.78, 5) is 19.6. The third kappa shape index (κ3) is 6.27. The van der Waals surface area contributed by atoms with Crippen LogP contribution in [0, 0.1) is 6.92 Å². The second kappa shape index (κ2) is 8.54. The molecule has 6 heteroatoms. The van der Waals surface area contributed by atoms with E-state index >= 15 is 0 Å². The largest absolute Gasteiger partial charge is 0.383 e. The summed E-state index contributed by atoms with van der Waals surface area (Å²) >= 11 is 0. The smallest absolute Gasteiger partial charge is 0.221 e. The Morgan fingerprint density at radius 1 is 1.44 bits per heavy atom. The van der Waals surface area contributed by atoms with Crippen molar-refractivity contribution in [2.24, 2.45) is 0 Å². The van der Waals surface area contributed by atoms with Gasteiger partial charge in [-0.1, -0.05) is 0 Å². The molecule has 0 saturated heterocycles. The average molecular weight is 252 g/mol. The van der Waals surface area contributed by atoms with Gasteiger partial charge in [-0.25, -0.2) is 9.97 Å². The summed E-state index contributed by atoms with van der Waals surface area (Å²) in [7, 11) is 1.61. The van der Waals surface area contributed by atoms with Crippen molar-refractivity contribution >= 4 is 5.91 Å². The SMILES string of the molecule is COCCNC(=O)CCNCc1ccnc(C)n1. The Kier molecular flexibility index (Phi) is 6.90. The number of hydrogen-bond acceptors (Lipinski definition) is 5. The van der Waals surface area contributed by atoms with E-state index in [0.29, 0.717) is 32.7 Å². The van der Waals surface area contributed by atoms with Crippen LogP contribution in [0.4, 0.5) is 0 Å². The second-order valence-corrected chi connectivity index (χ2v) is 3.86. The average Bonchev–Trinajstić information content (AvgIpc) is 2.35. The van der Waals surface area contributed by atoms with Gasteiger partial charge in [0.25, 0.3) is 0 Å². The highest BCUT2D eigenvalue weighted by Gasteiger charge is 2.00. The molecule has 1 heterocycles. The third-order valence-electron chi connectivity index (χ3n) is 2.30. The molecule has 0 aliphatic heterocycles. The van der Waals surface area contributed by atoms with Crippen LogP contribution in [0.5, 0.6) is 0 Å². The summed E-state index contributed by atoms with van der Waals surface area (Å²) in [5.41, 5.74) is 0.933. The summed E-state index contributed by atoms with van der Waals surface area (Å²) in [6.45, 7) is 4.23. The lowest BCUT2D eigenvalue weighted by Crippen LogP contribution is -2.30. The van der Waals surface area contributed by atoms with Gasteiger partial charge < -0.3 is 15.4 Å². The van der Waals surface area contributed by atoms with Crippen molar-refractivity contribution in [3.05, 3.63) is 23.8 Å². The van der Waals surface area contributed by atoms with Gasteiger partial charge in [0.15, 0.2) is 0 Å². The van der Waals surface area contributed by atoms with Crippen LogP contribution < -0.4 is 10.6 Å². The van der Waals surface area contributed by atoms with Crippen molar-refractivity contribution in [2.75, 3.05) is 26.8 Å². The number of nitrogens with zero attached hydrogens (tertiary/aromatic N) is 2. The van der Waals surface area contributed by atoms with E-state index in [-0.39, 0.29) is 5.91 Å². The molecule has 0 aliphatic rings. The van der Waals surface area contributed by atoms with Gasteiger partial charge >= 0.3 is 0 Å². The fourth-order valence-electron chi connectivity index (χ4n) is 1.40. The Labute approximate surface area is 107 Å².